The molecular weight excluding hydrogens is 388 g/mol. The minimum atomic E-state index is -0.0463. The van der Waals surface area contributed by atoms with Gasteiger partial charge in [0, 0.05) is 0 Å². The summed E-state index contributed by atoms with van der Waals surface area (Å²) in [5.41, 5.74) is 1.08. The first-order valence-electron chi connectivity index (χ1n) is 14.7. The number of fused-ring (bicyclic) bond motifs is 5. The van der Waals surface area contributed by atoms with Crippen molar-refractivity contribution >= 4 is 0 Å². The Kier molecular flexibility index (Phi) is 7.21. The summed E-state index contributed by atoms with van der Waals surface area (Å²) in [6.45, 7) is 20.2. The van der Waals surface area contributed by atoms with Crippen molar-refractivity contribution in [3.05, 3.63) is 0 Å². The summed E-state index contributed by atoms with van der Waals surface area (Å²) in [6.07, 6.45) is 13.8. The van der Waals surface area contributed by atoms with E-state index in [4.69, 9.17) is 0 Å². The molecule has 32 heavy (non-hydrogen) atoms. The molecule has 4 saturated carbocycles. The summed E-state index contributed by atoms with van der Waals surface area (Å²) >= 11 is 0. The van der Waals surface area contributed by atoms with Crippen LogP contribution in [-0.4, -0.2) is 11.2 Å². The fourth-order valence-electron chi connectivity index (χ4n) is 11.1. The van der Waals surface area contributed by atoms with E-state index in [9.17, 15) is 5.11 Å². The lowest BCUT2D eigenvalue weighted by atomic mass is 9.43. The normalized spacial score (nSPS) is 49.1. The highest BCUT2D eigenvalue weighted by molar-refractivity contribution is 5.10. The largest absolute Gasteiger partial charge is 0.393 e. The molecule has 1 N–H and O–H groups in total. The highest BCUT2D eigenvalue weighted by atomic mass is 16.3. The maximum atomic E-state index is 10.6. The maximum absolute atomic E-state index is 10.6. The van der Waals surface area contributed by atoms with Gasteiger partial charge in [0.15, 0.2) is 0 Å². The average Bonchev–Trinajstić information content (AvgIpc) is 3.08. The predicted octanol–water partition coefficient (Wildman–Crippen LogP) is 8.60. The molecule has 0 aromatic carbocycles. The van der Waals surface area contributed by atoms with Gasteiger partial charge in [0.25, 0.3) is 0 Å². The number of rotatable bonds is 6. The van der Waals surface area contributed by atoms with Crippen molar-refractivity contribution in [3.63, 3.8) is 0 Å². The van der Waals surface area contributed by atoms with Gasteiger partial charge in [0.2, 0.25) is 0 Å². The Morgan fingerprint density at radius 1 is 0.812 bits per heavy atom. The van der Waals surface area contributed by atoms with Crippen LogP contribution in [0, 0.1) is 70.0 Å². The molecule has 0 saturated heterocycles. The number of hydrogen-bond donors (Lipinski definition) is 1. The average molecular weight is 445 g/mol. The highest BCUT2D eigenvalue weighted by Gasteiger charge is 2.61. The van der Waals surface area contributed by atoms with Gasteiger partial charge >= 0.3 is 0 Å². The topological polar surface area (TPSA) is 20.2 Å². The molecule has 4 fully saturated rings. The third-order valence-corrected chi connectivity index (χ3v) is 12.7. The van der Waals surface area contributed by atoms with Crippen molar-refractivity contribution in [2.45, 2.75) is 126 Å². The van der Waals surface area contributed by atoms with Crippen LogP contribution in [-0.2, 0) is 0 Å². The molecule has 0 spiro atoms. The lowest BCUT2D eigenvalue weighted by Crippen LogP contribution is -2.56. The van der Waals surface area contributed by atoms with E-state index < -0.39 is 0 Å². The van der Waals surface area contributed by atoms with Crippen LogP contribution in [0.2, 0.25) is 0 Å². The Morgan fingerprint density at radius 2 is 1.44 bits per heavy atom. The minimum Gasteiger partial charge on any atom is -0.393 e. The fourth-order valence-corrected chi connectivity index (χ4v) is 11.1. The maximum Gasteiger partial charge on any atom is 0.0568 e. The molecule has 186 valence electrons. The van der Waals surface area contributed by atoms with Gasteiger partial charge in [-0.15, -0.1) is 0 Å². The molecule has 1 nitrogen and oxygen atoms in total. The molecule has 4 aliphatic carbocycles. The van der Waals surface area contributed by atoms with Crippen molar-refractivity contribution in [2.24, 2.45) is 70.0 Å². The van der Waals surface area contributed by atoms with E-state index in [1.54, 1.807) is 0 Å². The number of aliphatic hydroxyl groups is 1. The monoisotopic (exact) mass is 444 g/mol. The summed E-state index contributed by atoms with van der Waals surface area (Å²) in [7, 11) is 0. The molecule has 0 aromatic heterocycles. The van der Waals surface area contributed by atoms with E-state index in [1.807, 2.05) is 0 Å². The van der Waals surface area contributed by atoms with Gasteiger partial charge in [-0.1, -0.05) is 61.8 Å². The summed E-state index contributed by atoms with van der Waals surface area (Å²) in [4.78, 5) is 0. The standard InChI is InChI=1S/C31H56O/c1-9-23(19(2)3)20(4)18-21(5)25-12-13-27-24-10-11-26-22(6)29(32)15-17-31(26,8)28(24)14-16-30(25,27)7/h19-29,32H,9-18H2,1-8H3/t20?,21-,22+,23?,24+,25-,26+,27+,28+,29+,30-,31+/m1/s1. The lowest BCUT2D eigenvalue weighted by Gasteiger charge is -2.62. The first-order chi connectivity index (χ1) is 15.0. The molecular formula is C31H56O. The Balaban J connectivity index is 1.48. The molecule has 0 amide bonds. The summed E-state index contributed by atoms with van der Waals surface area (Å²) in [5, 5.41) is 10.6. The first kappa shape index (κ1) is 25.1. The van der Waals surface area contributed by atoms with Gasteiger partial charge in [-0.25, -0.2) is 0 Å². The van der Waals surface area contributed by atoms with E-state index in [0.29, 0.717) is 16.7 Å². The summed E-state index contributed by atoms with van der Waals surface area (Å²) in [6, 6.07) is 0. The van der Waals surface area contributed by atoms with Crippen LogP contribution in [0.5, 0.6) is 0 Å². The third-order valence-electron chi connectivity index (χ3n) is 12.7. The van der Waals surface area contributed by atoms with Gasteiger partial charge in [-0.05, 0) is 128 Å². The molecule has 0 radical (unpaired) electrons. The molecule has 4 aliphatic rings. The third kappa shape index (κ3) is 3.93. The van der Waals surface area contributed by atoms with Crippen LogP contribution in [0.15, 0.2) is 0 Å². The van der Waals surface area contributed by atoms with Crippen LogP contribution in [0.1, 0.15) is 120 Å². The molecule has 4 rings (SSSR count). The van der Waals surface area contributed by atoms with E-state index >= 15 is 0 Å². The zero-order valence-electron chi connectivity index (χ0n) is 22.9. The molecule has 2 unspecified atom stereocenters. The molecule has 0 aliphatic heterocycles. The van der Waals surface area contributed by atoms with Gasteiger partial charge in [-0.2, -0.15) is 0 Å². The zero-order valence-corrected chi connectivity index (χ0v) is 22.9. The van der Waals surface area contributed by atoms with Crippen LogP contribution >= 0.6 is 0 Å². The second-order valence-electron chi connectivity index (χ2n) is 14.3. The molecule has 0 bridgehead atoms. The van der Waals surface area contributed by atoms with Crippen molar-refractivity contribution in [3.8, 4) is 0 Å². The minimum absolute atomic E-state index is 0.0463. The quantitative estimate of drug-likeness (QED) is 0.435. The smallest absolute Gasteiger partial charge is 0.0568 e. The fraction of sp³-hybridized carbons (Fsp3) is 1.00. The van der Waals surface area contributed by atoms with Crippen molar-refractivity contribution in [2.75, 3.05) is 0 Å². The van der Waals surface area contributed by atoms with Gasteiger partial charge < -0.3 is 5.11 Å². The Labute approximate surface area is 200 Å². The van der Waals surface area contributed by atoms with Gasteiger partial charge in [0.1, 0.15) is 0 Å². The van der Waals surface area contributed by atoms with Gasteiger partial charge in [0.05, 0.1) is 6.10 Å². The van der Waals surface area contributed by atoms with Crippen molar-refractivity contribution in [1.29, 1.82) is 0 Å². The van der Waals surface area contributed by atoms with Crippen LogP contribution in [0.25, 0.3) is 0 Å². The first-order valence-corrected chi connectivity index (χ1v) is 14.7. The van der Waals surface area contributed by atoms with Crippen LogP contribution < -0.4 is 0 Å². The van der Waals surface area contributed by atoms with Crippen molar-refractivity contribution < 1.29 is 5.11 Å². The summed E-state index contributed by atoms with van der Waals surface area (Å²) < 4.78 is 0. The van der Waals surface area contributed by atoms with E-state index in [-0.39, 0.29) is 6.10 Å². The Bertz CT molecular complexity index is 640. The second kappa shape index (κ2) is 9.20. The number of aliphatic hydroxyl groups excluding tert-OH is 1. The van der Waals surface area contributed by atoms with Gasteiger partial charge in [-0.3, -0.25) is 0 Å². The molecule has 0 aromatic rings. The Morgan fingerprint density at radius 3 is 2.09 bits per heavy atom. The van der Waals surface area contributed by atoms with E-state index in [0.717, 1.165) is 59.7 Å². The van der Waals surface area contributed by atoms with Crippen LogP contribution in [0.3, 0.4) is 0 Å². The predicted molar refractivity (Wildman–Crippen MR) is 137 cm³/mol. The summed E-state index contributed by atoms with van der Waals surface area (Å²) in [5.74, 6) is 8.51. The molecule has 1 heteroatoms. The molecule has 0 heterocycles. The van der Waals surface area contributed by atoms with Crippen LogP contribution in [0.4, 0.5) is 0 Å². The highest BCUT2D eigenvalue weighted by Crippen LogP contribution is 2.69. The SMILES string of the molecule is CCC(C(C)C)C(C)C[C@@H](C)[C@H]1CC[C@H]2[C@@H]3CC[C@H]4[C@H](C)[C@@H](O)CC[C@]4(C)[C@H]3CC[C@]12C. The zero-order chi connectivity index (χ0) is 23.4. The molecule has 12 atom stereocenters. The Hall–Kier alpha value is -0.0400. The van der Waals surface area contributed by atoms with E-state index in [2.05, 4.69) is 55.4 Å². The number of hydrogen-bond acceptors (Lipinski definition) is 1. The van der Waals surface area contributed by atoms with Crippen molar-refractivity contribution in [1.82, 2.24) is 0 Å². The van der Waals surface area contributed by atoms with E-state index in [1.165, 1.54) is 57.8 Å². The lowest BCUT2D eigenvalue weighted by molar-refractivity contribution is -0.149. The second-order valence-corrected chi connectivity index (χ2v) is 14.3.